The van der Waals surface area contributed by atoms with Crippen LogP contribution >= 0.6 is 11.3 Å². The Morgan fingerprint density at radius 1 is 1.02 bits per heavy atom. The first kappa shape index (κ1) is 26.8. The molecule has 2 aliphatic carbocycles. The number of ketones is 1. The van der Waals surface area contributed by atoms with Gasteiger partial charge in [-0.2, -0.15) is 0 Å². The molecule has 2 saturated carbocycles. The molecule has 0 amide bonds. The predicted octanol–water partition coefficient (Wildman–Crippen LogP) is 8.69. The average Bonchev–Trinajstić information content (AvgIpc) is 3.93. The molecule has 2 aliphatic heterocycles. The van der Waals surface area contributed by atoms with Crippen LogP contribution in [0, 0.1) is 17.3 Å². The second-order valence-electron chi connectivity index (χ2n) is 12.9. The molecule has 1 spiro atoms. The zero-order valence-corrected chi connectivity index (χ0v) is 24.7. The molecule has 2 fully saturated rings. The smallest absolute Gasteiger partial charge is 0.216 e. The van der Waals surface area contributed by atoms with Gasteiger partial charge < -0.3 is 4.74 Å². The van der Waals surface area contributed by atoms with Crippen LogP contribution in [0.25, 0.3) is 10.1 Å². The largest absolute Gasteiger partial charge is 0.493 e. The van der Waals surface area contributed by atoms with Crippen molar-refractivity contribution in [3.05, 3.63) is 77.2 Å². The van der Waals surface area contributed by atoms with Crippen LogP contribution in [0.1, 0.15) is 79.4 Å². The number of nitrogens with zero attached hydrogens (tertiary/aromatic N) is 2. The zero-order chi connectivity index (χ0) is 27.7. The van der Waals surface area contributed by atoms with Gasteiger partial charge in [-0.25, -0.2) is 0 Å². The number of fused-ring (bicyclic) bond motifs is 1. The van der Waals surface area contributed by atoms with Crippen molar-refractivity contribution < 1.29 is 9.53 Å². The molecule has 2 unspecified atom stereocenters. The Kier molecular flexibility index (Phi) is 7.41. The lowest BCUT2D eigenvalue weighted by molar-refractivity contribution is 0.106. The monoisotopic (exact) mass is 564 g/mol. The highest BCUT2D eigenvalue weighted by Gasteiger charge is 2.54. The molecule has 3 heterocycles. The number of aliphatic imine (C=N–C) groups is 2. The summed E-state index contributed by atoms with van der Waals surface area (Å²) >= 11 is 1.58. The Hall–Kier alpha value is -3.05. The van der Waals surface area contributed by atoms with Gasteiger partial charge in [0.15, 0.2) is 0 Å². The number of carbonyl (C=O) groups is 1. The number of benzene rings is 2. The van der Waals surface area contributed by atoms with Crippen molar-refractivity contribution in [2.75, 3.05) is 13.2 Å². The summed E-state index contributed by atoms with van der Waals surface area (Å²) in [5, 5.41) is 1.13. The van der Waals surface area contributed by atoms with E-state index in [0.29, 0.717) is 17.9 Å². The number of allylic oxidation sites excluding steroid dienone is 1. The minimum atomic E-state index is -0.363. The number of ether oxygens (including phenoxy) is 1. The standard InChI is InChI=1S/C36H40N2O2S/c39-34(33-22-28-11-4-5-13-32(28)41-33)31-21-27(23-36(38-31)16-7-19-37-24-36)9-3-1-2-8-26-10-6-12-30(20-26)40-25-35(17-18-35)29-14-15-29/h4-7,10-13,16,19-20,22,27,29H,1-3,8-9,14-15,17-18,21,23-25H2. The number of Topliss-reactive ketones (excluding diaryl/α,β-unsaturated/α-hetero) is 1. The van der Waals surface area contributed by atoms with Crippen LogP contribution in [0.15, 0.2) is 76.7 Å². The molecule has 1 aromatic heterocycles. The van der Waals surface area contributed by atoms with Crippen molar-refractivity contribution in [1.82, 2.24) is 0 Å². The lowest BCUT2D eigenvalue weighted by atomic mass is 9.77. The van der Waals surface area contributed by atoms with E-state index in [1.54, 1.807) is 11.3 Å². The van der Waals surface area contributed by atoms with Crippen LogP contribution < -0.4 is 4.74 Å². The topological polar surface area (TPSA) is 51.0 Å². The molecule has 2 aromatic carbocycles. The Labute approximate surface area is 247 Å². The van der Waals surface area contributed by atoms with E-state index in [-0.39, 0.29) is 11.3 Å². The molecular formula is C36H40N2O2S. The van der Waals surface area contributed by atoms with Crippen LogP contribution in [0.3, 0.4) is 0 Å². The van der Waals surface area contributed by atoms with Gasteiger partial charge in [0.25, 0.3) is 0 Å². The van der Waals surface area contributed by atoms with Gasteiger partial charge in [0.2, 0.25) is 5.78 Å². The first-order valence-corrected chi connectivity index (χ1v) is 16.4. The van der Waals surface area contributed by atoms with Gasteiger partial charge in [0, 0.05) is 16.3 Å². The predicted molar refractivity (Wildman–Crippen MR) is 170 cm³/mol. The molecule has 0 radical (unpaired) electrons. The molecule has 212 valence electrons. The Bertz CT molecular complexity index is 1480. The highest BCUT2D eigenvalue weighted by atomic mass is 32.1. The molecule has 4 aliphatic rings. The fourth-order valence-electron chi connectivity index (χ4n) is 7.02. The maximum absolute atomic E-state index is 13.6. The summed E-state index contributed by atoms with van der Waals surface area (Å²) in [7, 11) is 0. The second-order valence-corrected chi connectivity index (χ2v) is 14.0. The lowest BCUT2D eigenvalue weighted by Gasteiger charge is -2.36. The summed E-state index contributed by atoms with van der Waals surface area (Å²) in [5.41, 5.74) is 2.27. The molecule has 7 rings (SSSR count). The summed E-state index contributed by atoms with van der Waals surface area (Å²) < 4.78 is 7.42. The SMILES string of the molecule is O=C(C1=NC2(C=CC=NC2)CC(CCCCCc2cccc(OCC3(C4CC4)CC3)c2)C1)c1cc2ccccc2s1. The fourth-order valence-corrected chi connectivity index (χ4v) is 8.05. The van der Waals surface area contributed by atoms with Gasteiger partial charge in [-0.15, -0.1) is 11.3 Å². The molecular weight excluding hydrogens is 524 g/mol. The summed E-state index contributed by atoms with van der Waals surface area (Å²) in [4.78, 5) is 24.1. The number of carbonyl (C=O) groups excluding carboxylic acids is 1. The number of aryl methyl sites for hydroxylation is 1. The number of hydrogen-bond acceptors (Lipinski definition) is 5. The maximum atomic E-state index is 13.6. The Balaban J connectivity index is 0.930. The van der Waals surface area contributed by atoms with Gasteiger partial charge in [-0.05, 0) is 111 Å². The van der Waals surface area contributed by atoms with Crippen molar-refractivity contribution in [1.29, 1.82) is 0 Å². The molecule has 0 saturated heterocycles. The van der Waals surface area contributed by atoms with E-state index < -0.39 is 0 Å². The van der Waals surface area contributed by atoms with Gasteiger partial charge in [-0.1, -0.05) is 49.2 Å². The molecule has 0 N–H and O–H groups in total. The van der Waals surface area contributed by atoms with Crippen LogP contribution in [-0.4, -0.2) is 36.4 Å². The van der Waals surface area contributed by atoms with E-state index in [1.165, 1.54) is 50.5 Å². The highest BCUT2D eigenvalue weighted by Crippen LogP contribution is 2.61. The molecule has 2 atom stereocenters. The lowest BCUT2D eigenvalue weighted by Crippen LogP contribution is -2.40. The normalized spacial score (nSPS) is 24.5. The van der Waals surface area contributed by atoms with Gasteiger partial charge in [-0.3, -0.25) is 14.8 Å². The summed E-state index contributed by atoms with van der Waals surface area (Å²) in [6, 6.07) is 19.0. The molecule has 0 bridgehead atoms. The van der Waals surface area contributed by atoms with E-state index >= 15 is 0 Å². The quantitative estimate of drug-likeness (QED) is 0.163. The third-order valence-corrected chi connectivity index (χ3v) is 10.8. The number of hydrogen-bond donors (Lipinski definition) is 0. The van der Waals surface area contributed by atoms with Crippen molar-refractivity contribution in [2.45, 2.75) is 76.2 Å². The van der Waals surface area contributed by atoms with Crippen molar-refractivity contribution in [2.24, 2.45) is 27.2 Å². The first-order chi connectivity index (χ1) is 20.1. The highest BCUT2D eigenvalue weighted by molar-refractivity contribution is 7.21. The summed E-state index contributed by atoms with van der Waals surface area (Å²) in [5.74, 6) is 2.53. The Morgan fingerprint density at radius 3 is 2.73 bits per heavy atom. The third kappa shape index (κ3) is 6.11. The van der Waals surface area contributed by atoms with Crippen LogP contribution in [0.4, 0.5) is 0 Å². The molecule has 4 nitrogen and oxygen atoms in total. The van der Waals surface area contributed by atoms with Crippen LogP contribution in [0.2, 0.25) is 0 Å². The van der Waals surface area contributed by atoms with Gasteiger partial charge >= 0.3 is 0 Å². The van der Waals surface area contributed by atoms with E-state index in [0.717, 1.165) is 64.6 Å². The molecule has 3 aromatic rings. The van der Waals surface area contributed by atoms with Crippen molar-refractivity contribution >= 4 is 39.1 Å². The minimum Gasteiger partial charge on any atom is -0.493 e. The van der Waals surface area contributed by atoms with Crippen LogP contribution in [0.5, 0.6) is 5.75 Å². The van der Waals surface area contributed by atoms with E-state index in [1.807, 2.05) is 30.5 Å². The van der Waals surface area contributed by atoms with E-state index in [9.17, 15) is 4.79 Å². The molecule has 5 heteroatoms. The average molecular weight is 565 g/mol. The second kappa shape index (κ2) is 11.3. The minimum absolute atomic E-state index is 0.102. The zero-order valence-electron chi connectivity index (χ0n) is 23.9. The van der Waals surface area contributed by atoms with E-state index in [2.05, 4.69) is 47.5 Å². The first-order valence-electron chi connectivity index (χ1n) is 15.6. The third-order valence-electron chi connectivity index (χ3n) is 9.69. The number of rotatable bonds is 12. The maximum Gasteiger partial charge on any atom is 0.216 e. The summed E-state index contributed by atoms with van der Waals surface area (Å²) in [6.07, 6.45) is 19.1. The number of thiophene rings is 1. The van der Waals surface area contributed by atoms with Gasteiger partial charge in [0.1, 0.15) is 5.75 Å². The van der Waals surface area contributed by atoms with Gasteiger partial charge in [0.05, 0.1) is 29.3 Å². The van der Waals surface area contributed by atoms with Crippen molar-refractivity contribution in [3.8, 4) is 5.75 Å². The number of unbranched alkanes of at least 4 members (excludes halogenated alkanes) is 2. The molecule has 41 heavy (non-hydrogen) atoms. The number of dihydropyridines is 1. The van der Waals surface area contributed by atoms with Crippen molar-refractivity contribution in [3.63, 3.8) is 0 Å². The Morgan fingerprint density at radius 2 is 1.93 bits per heavy atom. The fraction of sp³-hybridized carbons (Fsp3) is 0.472. The van der Waals surface area contributed by atoms with E-state index in [4.69, 9.17) is 9.73 Å². The summed E-state index contributed by atoms with van der Waals surface area (Å²) in [6.45, 7) is 1.55. The van der Waals surface area contributed by atoms with Crippen LogP contribution in [-0.2, 0) is 6.42 Å².